The summed E-state index contributed by atoms with van der Waals surface area (Å²) in [6.45, 7) is 12.8. The van der Waals surface area contributed by atoms with Gasteiger partial charge in [-0.15, -0.1) is 11.3 Å². The molecule has 2 aliphatic rings. The van der Waals surface area contributed by atoms with Gasteiger partial charge in [0.15, 0.2) is 0 Å². The number of aliphatic hydroxyl groups is 1. The number of ether oxygens (including phenoxy) is 2. The highest BCUT2D eigenvalue weighted by atomic mass is 35.5. The average molecular weight is 882 g/mol. The fourth-order valence-corrected chi connectivity index (χ4v) is 8.53. The molecule has 5 rings (SSSR count). The number of halogens is 1. The molecule has 1 aromatic heterocycles. The predicted molar refractivity (Wildman–Crippen MR) is 235 cm³/mol. The van der Waals surface area contributed by atoms with Crippen LogP contribution in [0.25, 0.3) is 10.4 Å². The van der Waals surface area contributed by atoms with E-state index >= 15 is 0 Å². The lowest BCUT2D eigenvalue weighted by atomic mass is 9.85. The van der Waals surface area contributed by atoms with Crippen molar-refractivity contribution in [3.8, 4) is 16.2 Å². The zero-order valence-corrected chi connectivity index (χ0v) is 37.8. The van der Waals surface area contributed by atoms with Crippen molar-refractivity contribution in [2.45, 2.75) is 142 Å². The second-order valence-electron chi connectivity index (χ2n) is 18.3. The smallest absolute Gasteiger partial charge is 0.407 e. The van der Waals surface area contributed by atoms with Gasteiger partial charge in [0, 0.05) is 25.8 Å². The van der Waals surface area contributed by atoms with E-state index in [0.29, 0.717) is 30.0 Å². The third-order valence-corrected chi connectivity index (χ3v) is 12.3. The van der Waals surface area contributed by atoms with E-state index in [1.54, 1.807) is 44.2 Å². The summed E-state index contributed by atoms with van der Waals surface area (Å²) in [7, 11) is 0. The highest BCUT2D eigenvalue weighted by Gasteiger charge is 2.50. The van der Waals surface area contributed by atoms with Crippen molar-refractivity contribution in [1.29, 1.82) is 0 Å². The first-order valence-electron chi connectivity index (χ1n) is 20.9. The SMILES string of the molecule is Cc1ncsc1-c1ccc(C2(NC(=O)[C@@H]3C[C@@H](O)CN3C(=O)C(NC(=O)CCCCc3cccc(OC[C@H](CCC(N)=O)NC(=O)OC(C)(C)C)c3Cl)C(C)(C)C)CC2)cc1. The number of nitrogens with two attached hydrogens (primary N) is 1. The standard InChI is InChI=1S/C45H61ClN6O8S/c1-27-38(61-26-48-27)29-15-17-30(18-16-29)45(21-22-45)51-40(56)33-23-32(53)24-52(33)41(57)39(43(2,3)4)50-36(55)14-9-8-11-28-12-10-13-34(37(28)46)59-25-31(19-20-35(47)54)49-42(58)60-44(5,6)7/h10,12-13,15-18,26,31-33,39,53H,8-9,11,14,19-25H2,1-7H3,(H2,47,54)(H,49,58)(H,50,55)(H,51,56)/t31-,32+,33-,39?/m0/s1. The average Bonchev–Trinajstić information content (AvgIpc) is 3.64. The molecule has 61 heavy (non-hydrogen) atoms. The zero-order valence-electron chi connectivity index (χ0n) is 36.3. The zero-order chi connectivity index (χ0) is 44.7. The molecule has 4 atom stereocenters. The van der Waals surface area contributed by atoms with Crippen LogP contribution in [0.15, 0.2) is 48.0 Å². The van der Waals surface area contributed by atoms with Crippen LogP contribution in [0.4, 0.5) is 4.79 Å². The Labute approximate surface area is 367 Å². The summed E-state index contributed by atoms with van der Waals surface area (Å²) < 4.78 is 11.3. The molecule has 0 radical (unpaired) electrons. The van der Waals surface area contributed by atoms with E-state index in [2.05, 4.69) is 20.9 Å². The first-order valence-corrected chi connectivity index (χ1v) is 22.2. The lowest BCUT2D eigenvalue weighted by Crippen LogP contribution is -2.58. The van der Waals surface area contributed by atoms with Crippen LogP contribution in [-0.2, 0) is 35.9 Å². The van der Waals surface area contributed by atoms with Gasteiger partial charge in [-0.25, -0.2) is 9.78 Å². The number of carbonyl (C=O) groups excluding carboxylic acids is 5. The highest BCUT2D eigenvalue weighted by molar-refractivity contribution is 7.13. The topological polar surface area (TPSA) is 202 Å². The minimum Gasteiger partial charge on any atom is -0.490 e. The van der Waals surface area contributed by atoms with Crippen LogP contribution in [0.2, 0.25) is 5.02 Å². The number of nitrogens with one attached hydrogen (secondary N) is 3. The maximum atomic E-state index is 14.2. The number of likely N-dealkylation sites (tertiary alicyclic amines) is 1. The Bertz CT molecular complexity index is 2040. The monoisotopic (exact) mass is 880 g/mol. The lowest BCUT2D eigenvalue weighted by Gasteiger charge is -2.35. The fourth-order valence-electron chi connectivity index (χ4n) is 7.44. The van der Waals surface area contributed by atoms with Crippen molar-refractivity contribution in [2.75, 3.05) is 13.2 Å². The minimum atomic E-state index is -0.932. The van der Waals surface area contributed by atoms with Crippen molar-refractivity contribution in [3.05, 3.63) is 69.8 Å². The molecule has 0 spiro atoms. The maximum Gasteiger partial charge on any atom is 0.407 e. The Morgan fingerprint density at radius 1 is 1.02 bits per heavy atom. The molecule has 332 valence electrons. The van der Waals surface area contributed by atoms with Crippen LogP contribution in [0.5, 0.6) is 5.75 Å². The van der Waals surface area contributed by atoms with Crippen molar-refractivity contribution < 1.29 is 38.6 Å². The van der Waals surface area contributed by atoms with Crippen molar-refractivity contribution in [2.24, 2.45) is 11.1 Å². The number of thiazole rings is 1. The van der Waals surface area contributed by atoms with Crippen LogP contribution in [0.3, 0.4) is 0 Å². The number of aromatic nitrogens is 1. The number of aliphatic hydroxyl groups excluding tert-OH is 1. The van der Waals surface area contributed by atoms with E-state index in [0.717, 1.165) is 40.1 Å². The van der Waals surface area contributed by atoms with E-state index in [9.17, 15) is 29.1 Å². The van der Waals surface area contributed by atoms with Gasteiger partial charge in [-0.2, -0.15) is 0 Å². The molecule has 5 amide bonds. The summed E-state index contributed by atoms with van der Waals surface area (Å²) in [5.74, 6) is -1.13. The molecule has 2 fully saturated rings. The molecule has 14 nitrogen and oxygen atoms in total. The molecule has 6 N–H and O–H groups in total. The number of rotatable bonds is 18. The van der Waals surface area contributed by atoms with Crippen LogP contribution in [0.1, 0.15) is 110 Å². The number of amides is 5. The second-order valence-corrected chi connectivity index (χ2v) is 19.5. The quantitative estimate of drug-likeness (QED) is 0.0907. The Balaban J connectivity index is 1.14. The highest BCUT2D eigenvalue weighted by Crippen LogP contribution is 2.46. The van der Waals surface area contributed by atoms with Gasteiger partial charge in [0.2, 0.25) is 23.6 Å². The third kappa shape index (κ3) is 13.1. The summed E-state index contributed by atoms with van der Waals surface area (Å²) in [6.07, 6.45) is 2.24. The van der Waals surface area contributed by atoms with E-state index < -0.39 is 58.7 Å². The first kappa shape index (κ1) is 47.3. The van der Waals surface area contributed by atoms with Gasteiger partial charge in [-0.3, -0.25) is 19.2 Å². The first-order chi connectivity index (χ1) is 28.7. The Morgan fingerprint density at radius 2 is 1.72 bits per heavy atom. The van der Waals surface area contributed by atoms with Gasteiger partial charge in [0.1, 0.15) is 30.0 Å². The van der Waals surface area contributed by atoms with Gasteiger partial charge in [-0.1, -0.05) is 68.8 Å². The van der Waals surface area contributed by atoms with Crippen LogP contribution >= 0.6 is 22.9 Å². The van der Waals surface area contributed by atoms with Crippen molar-refractivity contribution in [1.82, 2.24) is 25.8 Å². The number of β-amino-alcohol motifs (C(OH)–C–C–N with tert-alkyl or cyclic N) is 1. The third-order valence-electron chi connectivity index (χ3n) is 10.9. The maximum absolute atomic E-state index is 14.2. The number of alkyl carbamates (subject to hydrolysis) is 1. The van der Waals surface area contributed by atoms with Crippen molar-refractivity contribution >= 4 is 52.7 Å². The summed E-state index contributed by atoms with van der Waals surface area (Å²) >= 11 is 8.31. The number of unbranched alkanes of at least 4 members (excludes halogenated alkanes) is 1. The largest absolute Gasteiger partial charge is 0.490 e. The minimum absolute atomic E-state index is 0.00686. The molecule has 2 aromatic carbocycles. The van der Waals surface area contributed by atoms with Gasteiger partial charge in [0.25, 0.3) is 0 Å². The number of benzene rings is 2. The number of aryl methyl sites for hydroxylation is 2. The van der Waals surface area contributed by atoms with Crippen LogP contribution in [0, 0.1) is 12.3 Å². The molecule has 1 saturated carbocycles. The Hall–Kier alpha value is -4.73. The van der Waals surface area contributed by atoms with E-state index in [1.165, 1.54) is 4.90 Å². The summed E-state index contributed by atoms with van der Waals surface area (Å²) in [4.78, 5) is 72.2. The number of primary amides is 1. The molecule has 2 heterocycles. The number of carbonyl (C=O) groups is 5. The van der Waals surface area contributed by atoms with E-state index in [-0.39, 0.29) is 50.6 Å². The molecule has 1 aliphatic carbocycles. The van der Waals surface area contributed by atoms with E-state index in [4.69, 9.17) is 26.8 Å². The number of hydrogen-bond acceptors (Lipinski definition) is 10. The number of nitrogens with zero attached hydrogens (tertiary/aromatic N) is 2. The lowest BCUT2D eigenvalue weighted by molar-refractivity contribution is -0.144. The van der Waals surface area contributed by atoms with E-state index in [1.807, 2.05) is 63.5 Å². The summed E-state index contributed by atoms with van der Waals surface area (Å²) in [5, 5.41) is 20.0. The van der Waals surface area contributed by atoms with Gasteiger partial charge >= 0.3 is 6.09 Å². The Kier molecular flexibility index (Phi) is 15.5. The van der Waals surface area contributed by atoms with Crippen molar-refractivity contribution in [3.63, 3.8) is 0 Å². The molecule has 1 saturated heterocycles. The molecule has 1 aliphatic heterocycles. The molecular formula is C45H61ClN6O8S. The predicted octanol–water partition coefficient (Wildman–Crippen LogP) is 6.32. The van der Waals surface area contributed by atoms with Gasteiger partial charge in [-0.05, 0) is 94.4 Å². The molecule has 0 bridgehead atoms. The normalized spacial score (nSPS) is 18.1. The summed E-state index contributed by atoms with van der Waals surface area (Å²) in [6, 6.07) is 11.2. The molecule has 16 heteroatoms. The fraction of sp³-hybridized carbons (Fsp3) is 0.556. The molecule has 1 unspecified atom stereocenters. The Morgan fingerprint density at radius 3 is 2.33 bits per heavy atom. The van der Waals surface area contributed by atoms with Crippen LogP contribution < -0.4 is 26.4 Å². The molecular weight excluding hydrogens is 820 g/mol. The van der Waals surface area contributed by atoms with Crippen LogP contribution in [-0.4, -0.2) is 87.7 Å². The second kappa shape index (κ2) is 20.0. The summed E-state index contributed by atoms with van der Waals surface area (Å²) in [5.41, 5.74) is 9.07. The number of hydrogen-bond donors (Lipinski definition) is 5. The van der Waals surface area contributed by atoms with Gasteiger partial charge in [0.05, 0.1) is 38.8 Å². The van der Waals surface area contributed by atoms with Gasteiger partial charge < -0.3 is 41.2 Å². The molecule has 3 aromatic rings.